The van der Waals surface area contributed by atoms with Gasteiger partial charge in [-0.05, 0) is 83.3 Å². The molecule has 0 fully saturated rings. The van der Waals surface area contributed by atoms with Crippen LogP contribution in [0.3, 0.4) is 0 Å². The van der Waals surface area contributed by atoms with Crippen LogP contribution in [-0.4, -0.2) is 59.0 Å². The number of hydrogen-bond donors (Lipinski definition) is 0. The van der Waals surface area contributed by atoms with E-state index in [1.165, 1.54) is 67.6 Å². The molecule has 13 heteroatoms. The molecule has 5 nitrogen and oxygen atoms in total. The summed E-state index contributed by atoms with van der Waals surface area (Å²) in [5.74, 6) is 0. The highest BCUT2D eigenvalue weighted by molar-refractivity contribution is 7.92. The van der Waals surface area contributed by atoms with E-state index in [0.29, 0.717) is 10.8 Å². The molecular formula is C28H32F6NO4S2+. The summed E-state index contributed by atoms with van der Waals surface area (Å²) in [4.78, 5) is -1.94. The Balaban J connectivity index is 0.000000358. The number of benzene rings is 4. The second kappa shape index (κ2) is 11.6. The molecule has 4 aromatic rings. The summed E-state index contributed by atoms with van der Waals surface area (Å²) in [7, 11) is -8.87. The van der Waals surface area contributed by atoms with Crippen LogP contribution in [0.4, 0.5) is 26.3 Å². The van der Waals surface area contributed by atoms with Gasteiger partial charge in [-0.2, -0.15) is 26.3 Å². The maximum Gasteiger partial charge on any atom is 0.501 e. The predicted molar refractivity (Wildman–Crippen MR) is 148 cm³/mol. The molecule has 0 saturated heterocycles. The lowest BCUT2D eigenvalue weighted by Gasteiger charge is -2.32. The first-order valence-electron chi connectivity index (χ1n) is 13.0. The minimum Gasteiger partial charge on any atom is -0.327 e. The average molecular weight is 625 g/mol. The summed E-state index contributed by atoms with van der Waals surface area (Å²) in [5, 5.41) is 1.06. The highest BCUT2D eigenvalue weighted by Crippen LogP contribution is 2.41. The Morgan fingerprint density at radius 3 is 1.17 bits per heavy atom. The minimum absolute atomic E-state index is 0.111. The molecule has 0 spiro atoms. The van der Waals surface area contributed by atoms with E-state index in [1.54, 1.807) is 0 Å². The summed E-state index contributed by atoms with van der Waals surface area (Å²) in [6, 6.07) is 8.20. The van der Waals surface area contributed by atoms with E-state index < -0.39 is 40.5 Å². The summed E-state index contributed by atoms with van der Waals surface area (Å²) in [6.07, 6.45) is 4.13. The number of quaternary nitrogens is 1. The molecule has 0 saturated carbocycles. The highest BCUT2D eigenvalue weighted by atomic mass is 32.2. The Labute approximate surface area is 235 Å². The first kappa shape index (κ1) is 32.9. The SMILES string of the molecule is CCCCC[N+](C)(CC)CC.O=S(=O)(c1cc2ccc3cc(S(=O)(=O)C(F)(F)F)cc4ccc(c1)c2c34)C(F)(F)F. The molecule has 0 aromatic heterocycles. The van der Waals surface area contributed by atoms with Gasteiger partial charge in [0, 0.05) is 0 Å². The second-order valence-electron chi connectivity index (χ2n) is 10.2. The highest BCUT2D eigenvalue weighted by Gasteiger charge is 2.48. The lowest BCUT2D eigenvalue weighted by molar-refractivity contribution is -0.906. The van der Waals surface area contributed by atoms with Crippen molar-refractivity contribution in [2.75, 3.05) is 26.7 Å². The van der Waals surface area contributed by atoms with Crippen LogP contribution in [0.15, 0.2) is 58.3 Å². The third kappa shape index (κ3) is 6.41. The summed E-state index contributed by atoms with van der Waals surface area (Å²) in [6.45, 7) is 10.8. The Kier molecular flexibility index (Phi) is 9.27. The number of rotatable bonds is 8. The van der Waals surface area contributed by atoms with Crippen molar-refractivity contribution >= 4 is 52.0 Å². The normalized spacial score (nSPS) is 13.6. The van der Waals surface area contributed by atoms with Gasteiger partial charge >= 0.3 is 11.0 Å². The topological polar surface area (TPSA) is 68.3 Å². The smallest absolute Gasteiger partial charge is 0.327 e. The van der Waals surface area contributed by atoms with Crippen LogP contribution in [0.1, 0.15) is 40.0 Å². The molecule has 0 heterocycles. The average Bonchev–Trinajstić information content (AvgIpc) is 2.90. The molecule has 0 aliphatic carbocycles. The molecule has 4 rings (SSSR count). The third-order valence-electron chi connectivity index (χ3n) is 7.54. The van der Waals surface area contributed by atoms with Gasteiger partial charge in [0.15, 0.2) is 0 Å². The molecule has 226 valence electrons. The summed E-state index contributed by atoms with van der Waals surface area (Å²) >= 11 is 0. The lowest BCUT2D eigenvalue weighted by Crippen LogP contribution is -2.44. The van der Waals surface area contributed by atoms with Gasteiger partial charge in [-0.25, -0.2) is 16.8 Å². The van der Waals surface area contributed by atoms with Gasteiger partial charge in [0.05, 0.1) is 36.5 Å². The maximum atomic E-state index is 12.9. The van der Waals surface area contributed by atoms with E-state index in [1.807, 2.05) is 0 Å². The van der Waals surface area contributed by atoms with Crippen molar-refractivity contribution in [3.8, 4) is 0 Å². The van der Waals surface area contributed by atoms with E-state index >= 15 is 0 Å². The molecule has 0 bridgehead atoms. The van der Waals surface area contributed by atoms with Crippen LogP contribution < -0.4 is 0 Å². The number of sulfone groups is 2. The number of alkyl halides is 6. The maximum absolute atomic E-state index is 12.9. The van der Waals surface area contributed by atoms with Crippen LogP contribution in [0.5, 0.6) is 0 Å². The number of halogens is 6. The molecular weight excluding hydrogens is 592 g/mol. The van der Waals surface area contributed by atoms with Gasteiger partial charge in [0.25, 0.3) is 19.7 Å². The van der Waals surface area contributed by atoms with Crippen molar-refractivity contribution in [3.63, 3.8) is 0 Å². The van der Waals surface area contributed by atoms with Crippen LogP contribution in [0, 0.1) is 0 Å². The zero-order valence-corrected chi connectivity index (χ0v) is 24.7. The number of unbranched alkanes of at least 4 members (excludes halogenated alkanes) is 2. The third-order valence-corrected chi connectivity index (χ3v) is 10.5. The molecule has 0 atom stereocenters. The Hall–Kier alpha value is -2.64. The first-order chi connectivity index (χ1) is 18.8. The Bertz CT molecular complexity index is 1560. The van der Waals surface area contributed by atoms with Crippen molar-refractivity contribution in [1.29, 1.82) is 0 Å². The van der Waals surface area contributed by atoms with Crippen molar-refractivity contribution in [2.24, 2.45) is 0 Å². The van der Waals surface area contributed by atoms with Gasteiger partial charge in [0.2, 0.25) is 0 Å². The van der Waals surface area contributed by atoms with Crippen LogP contribution in [-0.2, 0) is 19.7 Å². The summed E-state index contributed by atoms with van der Waals surface area (Å²) in [5.41, 5.74) is -11.0. The zero-order valence-electron chi connectivity index (χ0n) is 23.0. The van der Waals surface area contributed by atoms with E-state index in [9.17, 15) is 43.2 Å². The van der Waals surface area contributed by atoms with Crippen LogP contribution in [0.25, 0.3) is 32.3 Å². The van der Waals surface area contributed by atoms with E-state index in [2.05, 4.69) is 27.8 Å². The fraction of sp³-hybridized carbons (Fsp3) is 0.429. The molecule has 41 heavy (non-hydrogen) atoms. The lowest BCUT2D eigenvalue weighted by atomic mass is 9.94. The minimum atomic E-state index is -5.61. The fourth-order valence-corrected chi connectivity index (χ4v) is 6.30. The van der Waals surface area contributed by atoms with E-state index in [4.69, 9.17) is 0 Å². The fourth-order valence-electron chi connectivity index (χ4n) is 4.64. The molecule has 0 aliphatic heterocycles. The van der Waals surface area contributed by atoms with E-state index in [0.717, 1.165) is 24.3 Å². The molecule has 4 aromatic carbocycles. The quantitative estimate of drug-likeness (QED) is 0.0867. The molecule has 0 N–H and O–H groups in total. The summed E-state index contributed by atoms with van der Waals surface area (Å²) < 4.78 is 126. The molecule has 0 radical (unpaired) electrons. The van der Waals surface area contributed by atoms with Gasteiger partial charge in [0.1, 0.15) is 0 Å². The Morgan fingerprint density at radius 1 is 0.610 bits per heavy atom. The molecule has 0 unspecified atom stereocenters. The predicted octanol–water partition coefficient (Wildman–Crippen LogP) is 7.83. The standard InChI is InChI=1S/C18H8F6O4S2.C10H24N/c19-17(20,21)29(25,26)13-5-9-1-2-10-6-14(30(27,28)18(22,23)24)8-12-4-3-11(7-13)15(9)16(10)12;1-5-8-9-10-11(4,6-2)7-3/h1-8H;5-10H2,1-4H3/q;+1. The number of hydrogen-bond acceptors (Lipinski definition) is 4. The molecule has 0 aliphatic rings. The largest absolute Gasteiger partial charge is 0.501 e. The van der Waals surface area contributed by atoms with Crippen LogP contribution >= 0.6 is 0 Å². The second-order valence-corrected chi connectivity index (χ2v) is 14.1. The van der Waals surface area contributed by atoms with Crippen LogP contribution in [0.2, 0.25) is 0 Å². The van der Waals surface area contributed by atoms with Crippen molar-refractivity contribution in [2.45, 2.75) is 60.8 Å². The van der Waals surface area contributed by atoms with Crippen molar-refractivity contribution in [3.05, 3.63) is 48.5 Å². The van der Waals surface area contributed by atoms with Crippen molar-refractivity contribution in [1.82, 2.24) is 0 Å². The van der Waals surface area contributed by atoms with Gasteiger partial charge in [-0.3, -0.25) is 0 Å². The Morgan fingerprint density at radius 2 is 0.927 bits per heavy atom. The monoisotopic (exact) mass is 624 g/mol. The zero-order chi connectivity index (χ0) is 31.0. The van der Waals surface area contributed by atoms with E-state index in [-0.39, 0.29) is 21.5 Å². The molecule has 0 amide bonds. The number of nitrogens with zero attached hydrogens (tertiary/aromatic N) is 1. The van der Waals surface area contributed by atoms with Crippen molar-refractivity contribution < 1.29 is 47.7 Å². The van der Waals surface area contributed by atoms with Gasteiger partial charge in [-0.15, -0.1) is 0 Å². The van der Waals surface area contributed by atoms with Gasteiger partial charge in [-0.1, -0.05) is 37.6 Å². The first-order valence-corrected chi connectivity index (χ1v) is 16.0. The van der Waals surface area contributed by atoms with Gasteiger partial charge < -0.3 is 4.48 Å².